The normalized spacial score (nSPS) is 14.3. The molecule has 1 saturated heterocycles. The zero-order valence-corrected chi connectivity index (χ0v) is 20.2. The minimum atomic E-state index is -0.286. The van der Waals surface area contributed by atoms with E-state index in [0.29, 0.717) is 19.5 Å². The Kier molecular flexibility index (Phi) is 7.17. The molecular weight excluding hydrogens is 435 g/mol. The van der Waals surface area contributed by atoms with Crippen molar-refractivity contribution in [3.8, 4) is 17.2 Å². The van der Waals surface area contributed by atoms with E-state index in [4.69, 9.17) is 9.47 Å². The first-order valence-electron chi connectivity index (χ1n) is 11.4. The van der Waals surface area contributed by atoms with Gasteiger partial charge in [-0.15, -0.1) is 0 Å². The highest BCUT2D eigenvalue weighted by atomic mass is 19.1. The molecule has 0 radical (unpaired) electrons. The van der Waals surface area contributed by atoms with Gasteiger partial charge in [-0.3, -0.25) is 9.69 Å². The molecule has 3 aromatic rings. The van der Waals surface area contributed by atoms with E-state index in [9.17, 15) is 9.18 Å². The average Bonchev–Trinajstić information content (AvgIpc) is 3.13. The number of hydrogen-bond acceptors (Lipinski definition) is 5. The van der Waals surface area contributed by atoms with Gasteiger partial charge in [0.1, 0.15) is 5.82 Å². The first-order chi connectivity index (χ1) is 16.4. The molecule has 1 aliphatic heterocycles. The number of ether oxygens (including phenoxy) is 2. The van der Waals surface area contributed by atoms with Crippen LogP contribution in [-0.4, -0.2) is 65.9 Å². The van der Waals surface area contributed by atoms with E-state index in [1.165, 1.54) is 12.1 Å². The van der Waals surface area contributed by atoms with Crippen LogP contribution < -0.4 is 9.47 Å². The van der Waals surface area contributed by atoms with Gasteiger partial charge in [0.15, 0.2) is 11.5 Å². The number of aromatic nitrogens is 2. The maximum atomic E-state index is 13.3. The summed E-state index contributed by atoms with van der Waals surface area (Å²) in [5.41, 5.74) is 4.59. The van der Waals surface area contributed by atoms with Crippen LogP contribution in [0.2, 0.25) is 0 Å². The fraction of sp³-hybridized carbons (Fsp3) is 0.385. The van der Waals surface area contributed by atoms with Crippen molar-refractivity contribution in [1.82, 2.24) is 19.6 Å². The number of hydrogen-bond donors (Lipinski definition) is 0. The van der Waals surface area contributed by atoms with Crippen LogP contribution >= 0.6 is 0 Å². The molecule has 0 N–H and O–H groups in total. The second-order valence-electron chi connectivity index (χ2n) is 8.56. The van der Waals surface area contributed by atoms with Gasteiger partial charge in [0.05, 0.1) is 32.0 Å². The SMILES string of the molecule is COc1ccc(CN2CCN(C(=O)Cc3c(C)nn(-c4ccc(F)cc4)c3C)CC2)cc1OC. The third kappa shape index (κ3) is 5.07. The third-order valence-electron chi connectivity index (χ3n) is 6.42. The monoisotopic (exact) mass is 466 g/mol. The minimum absolute atomic E-state index is 0.107. The van der Waals surface area contributed by atoms with Gasteiger partial charge in [0.25, 0.3) is 0 Å². The summed E-state index contributed by atoms with van der Waals surface area (Å²) >= 11 is 0. The maximum absolute atomic E-state index is 13.3. The van der Waals surface area contributed by atoms with Crippen LogP contribution in [-0.2, 0) is 17.8 Å². The minimum Gasteiger partial charge on any atom is -0.493 e. The van der Waals surface area contributed by atoms with Crippen molar-refractivity contribution in [2.45, 2.75) is 26.8 Å². The van der Waals surface area contributed by atoms with Gasteiger partial charge < -0.3 is 14.4 Å². The highest BCUT2D eigenvalue weighted by molar-refractivity contribution is 5.79. The van der Waals surface area contributed by atoms with Crippen LogP contribution in [0.1, 0.15) is 22.5 Å². The molecule has 8 heteroatoms. The number of aryl methyl sites for hydroxylation is 1. The number of nitrogens with zero attached hydrogens (tertiary/aromatic N) is 4. The van der Waals surface area contributed by atoms with Gasteiger partial charge >= 0.3 is 0 Å². The van der Waals surface area contributed by atoms with E-state index >= 15 is 0 Å². The lowest BCUT2D eigenvalue weighted by Gasteiger charge is -2.35. The number of carbonyl (C=O) groups is 1. The van der Waals surface area contributed by atoms with Crippen LogP contribution in [0, 0.1) is 19.7 Å². The summed E-state index contributed by atoms with van der Waals surface area (Å²) in [6.07, 6.45) is 0.314. The largest absolute Gasteiger partial charge is 0.493 e. The molecule has 1 aliphatic rings. The second kappa shape index (κ2) is 10.3. The van der Waals surface area contributed by atoms with Crippen molar-refractivity contribution in [1.29, 1.82) is 0 Å². The van der Waals surface area contributed by atoms with E-state index in [0.717, 1.165) is 59.3 Å². The maximum Gasteiger partial charge on any atom is 0.227 e. The fourth-order valence-corrected chi connectivity index (χ4v) is 4.42. The number of benzene rings is 2. The number of rotatable bonds is 7. The van der Waals surface area contributed by atoms with E-state index in [-0.39, 0.29) is 11.7 Å². The highest BCUT2D eigenvalue weighted by Gasteiger charge is 2.24. The Morgan fingerprint density at radius 2 is 1.65 bits per heavy atom. The molecule has 1 aromatic heterocycles. The number of piperazine rings is 1. The smallest absolute Gasteiger partial charge is 0.227 e. The number of methoxy groups -OCH3 is 2. The Labute approximate surface area is 199 Å². The van der Waals surface area contributed by atoms with Gasteiger partial charge in [-0.25, -0.2) is 9.07 Å². The lowest BCUT2D eigenvalue weighted by molar-refractivity contribution is -0.132. The fourth-order valence-electron chi connectivity index (χ4n) is 4.42. The zero-order valence-electron chi connectivity index (χ0n) is 20.2. The summed E-state index contributed by atoms with van der Waals surface area (Å²) in [4.78, 5) is 17.3. The van der Waals surface area contributed by atoms with Crippen LogP contribution in [0.4, 0.5) is 4.39 Å². The molecule has 2 aromatic carbocycles. The topological polar surface area (TPSA) is 59.8 Å². The molecule has 0 saturated carbocycles. The Balaban J connectivity index is 1.36. The third-order valence-corrected chi connectivity index (χ3v) is 6.42. The lowest BCUT2D eigenvalue weighted by Crippen LogP contribution is -2.48. The van der Waals surface area contributed by atoms with E-state index < -0.39 is 0 Å². The van der Waals surface area contributed by atoms with Crippen LogP contribution in [0.25, 0.3) is 5.69 Å². The summed E-state index contributed by atoms with van der Waals surface area (Å²) in [6, 6.07) is 12.2. The first-order valence-corrected chi connectivity index (χ1v) is 11.4. The van der Waals surface area contributed by atoms with Crippen molar-refractivity contribution in [3.63, 3.8) is 0 Å². The molecule has 7 nitrogen and oxygen atoms in total. The summed E-state index contributed by atoms with van der Waals surface area (Å²) in [5, 5.41) is 4.59. The molecular formula is C26H31FN4O3. The summed E-state index contributed by atoms with van der Waals surface area (Å²) < 4.78 is 25.8. The number of carbonyl (C=O) groups excluding carboxylic acids is 1. The standard InChI is InChI=1S/C26H31FN4O3/c1-18-23(19(2)31(28-18)22-8-6-21(27)7-9-22)16-26(32)30-13-11-29(12-14-30)17-20-5-10-24(33-3)25(15-20)34-4/h5-10,15H,11-14,16-17H2,1-4H3. The van der Waals surface area contributed by atoms with Gasteiger partial charge in [0, 0.05) is 44.0 Å². The van der Waals surface area contributed by atoms with Crippen molar-refractivity contribution in [3.05, 3.63) is 70.8 Å². The van der Waals surface area contributed by atoms with Crippen LogP contribution in [0.5, 0.6) is 11.5 Å². The molecule has 2 heterocycles. The summed E-state index contributed by atoms with van der Waals surface area (Å²) in [7, 11) is 3.27. The van der Waals surface area contributed by atoms with Crippen molar-refractivity contribution in [2.24, 2.45) is 0 Å². The van der Waals surface area contributed by atoms with Crippen molar-refractivity contribution in [2.75, 3.05) is 40.4 Å². The predicted octanol–water partition coefficient (Wildman–Crippen LogP) is 3.53. The Morgan fingerprint density at radius 3 is 2.29 bits per heavy atom. The summed E-state index contributed by atoms with van der Waals surface area (Å²) in [5.74, 6) is 1.26. The first kappa shape index (κ1) is 23.8. The lowest BCUT2D eigenvalue weighted by atomic mass is 10.1. The Hall–Kier alpha value is -3.39. The van der Waals surface area contributed by atoms with Gasteiger partial charge in [-0.05, 0) is 55.8 Å². The highest BCUT2D eigenvalue weighted by Crippen LogP contribution is 2.28. The molecule has 0 bridgehead atoms. The number of halogens is 1. The van der Waals surface area contributed by atoms with E-state index in [2.05, 4.69) is 10.00 Å². The molecule has 0 spiro atoms. The number of amides is 1. The molecule has 1 amide bonds. The van der Waals surface area contributed by atoms with Crippen LogP contribution in [0.15, 0.2) is 42.5 Å². The Bertz CT molecular complexity index is 1150. The van der Waals surface area contributed by atoms with Gasteiger partial charge in [-0.2, -0.15) is 5.10 Å². The zero-order chi connectivity index (χ0) is 24.2. The molecule has 4 rings (SSSR count). The second-order valence-corrected chi connectivity index (χ2v) is 8.56. The molecule has 0 aliphatic carbocycles. The Morgan fingerprint density at radius 1 is 0.971 bits per heavy atom. The van der Waals surface area contributed by atoms with E-state index in [1.807, 2.05) is 36.9 Å². The average molecular weight is 467 g/mol. The van der Waals surface area contributed by atoms with Gasteiger partial charge in [-0.1, -0.05) is 6.07 Å². The molecule has 1 fully saturated rings. The van der Waals surface area contributed by atoms with Gasteiger partial charge in [0.2, 0.25) is 5.91 Å². The molecule has 0 unspecified atom stereocenters. The molecule has 180 valence electrons. The van der Waals surface area contributed by atoms with Crippen LogP contribution in [0.3, 0.4) is 0 Å². The molecule has 34 heavy (non-hydrogen) atoms. The predicted molar refractivity (Wildman–Crippen MR) is 128 cm³/mol. The quantitative estimate of drug-likeness (QED) is 0.533. The molecule has 0 atom stereocenters. The summed E-state index contributed by atoms with van der Waals surface area (Å²) in [6.45, 7) is 7.67. The van der Waals surface area contributed by atoms with Crippen molar-refractivity contribution < 1.29 is 18.7 Å². The van der Waals surface area contributed by atoms with E-state index in [1.54, 1.807) is 31.0 Å². The van der Waals surface area contributed by atoms with Crippen molar-refractivity contribution >= 4 is 5.91 Å².